The zero-order valence-electron chi connectivity index (χ0n) is 12.8. The van der Waals surface area contributed by atoms with E-state index in [1.165, 1.54) is 37.8 Å². The fourth-order valence-electron chi connectivity index (χ4n) is 3.15. The lowest BCUT2D eigenvalue weighted by Gasteiger charge is -2.27. The van der Waals surface area contributed by atoms with E-state index in [1.54, 1.807) is 18.3 Å². The summed E-state index contributed by atoms with van der Waals surface area (Å²) in [6.07, 6.45) is 7.05. The third kappa shape index (κ3) is 2.93. The van der Waals surface area contributed by atoms with Crippen LogP contribution in [0.25, 0.3) is 11.3 Å². The van der Waals surface area contributed by atoms with Crippen molar-refractivity contribution in [1.29, 1.82) is 0 Å². The van der Waals surface area contributed by atoms with Gasteiger partial charge < -0.3 is 4.42 Å². The molecule has 1 aromatic carbocycles. The minimum absolute atomic E-state index is 0.235. The predicted octanol–water partition coefficient (Wildman–Crippen LogP) is 4.24. The summed E-state index contributed by atoms with van der Waals surface area (Å²) in [7, 11) is 0. The second kappa shape index (κ2) is 5.51. The number of hydrogen-bond acceptors (Lipinski definition) is 3. The van der Waals surface area contributed by atoms with Gasteiger partial charge in [-0.3, -0.25) is 4.90 Å². The summed E-state index contributed by atoms with van der Waals surface area (Å²) in [6, 6.07) is 7.67. The number of oxazole rings is 1. The van der Waals surface area contributed by atoms with Crippen LogP contribution in [-0.2, 0) is 6.54 Å². The molecule has 0 saturated heterocycles. The van der Waals surface area contributed by atoms with Crippen molar-refractivity contribution in [2.45, 2.75) is 51.2 Å². The Hall–Kier alpha value is -1.68. The molecule has 2 aliphatic rings. The maximum Gasteiger partial charge on any atom is 0.209 e. The molecule has 0 spiro atoms. The Morgan fingerprint density at radius 2 is 1.95 bits per heavy atom. The highest BCUT2D eigenvalue weighted by Gasteiger charge is 2.39. The van der Waals surface area contributed by atoms with Crippen molar-refractivity contribution in [1.82, 2.24) is 9.88 Å². The summed E-state index contributed by atoms with van der Waals surface area (Å²) in [6.45, 7) is 3.11. The molecule has 3 nitrogen and oxygen atoms in total. The molecule has 116 valence electrons. The van der Waals surface area contributed by atoms with E-state index in [0.717, 1.165) is 23.9 Å². The van der Waals surface area contributed by atoms with E-state index in [4.69, 9.17) is 4.42 Å². The number of rotatable bonds is 6. The predicted molar refractivity (Wildman–Crippen MR) is 82.6 cm³/mol. The third-order valence-electron chi connectivity index (χ3n) is 4.84. The Labute approximate surface area is 130 Å². The average molecular weight is 300 g/mol. The summed E-state index contributed by atoms with van der Waals surface area (Å²) in [5.74, 6) is 2.09. The number of nitrogens with zero attached hydrogens (tertiary/aromatic N) is 2. The van der Waals surface area contributed by atoms with Gasteiger partial charge in [-0.1, -0.05) is 0 Å². The SMILES string of the molecule is C[C@@H](C1CC1)N(Cc1ncc(-c2ccc(F)cc2)o1)C1CC1. The van der Waals surface area contributed by atoms with Crippen LogP contribution < -0.4 is 0 Å². The lowest BCUT2D eigenvalue weighted by atomic mass is 10.2. The van der Waals surface area contributed by atoms with Gasteiger partial charge in [0, 0.05) is 17.6 Å². The third-order valence-corrected chi connectivity index (χ3v) is 4.84. The second-order valence-electron chi connectivity index (χ2n) is 6.61. The topological polar surface area (TPSA) is 29.3 Å². The standard InChI is InChI=1S/C18H21FN2O/c1-12(13-2-3-13)21(16-8-9-16)11-18-20-10-17(22-18)14-4-6-15(19)7-5-14/h4-7,10,12-13,16H,2-3,8-9,11H2,1H3/t12-/m0/s1. The smallest absolute Gasteiger partial charge is 0.209 e. The Kier molecular flexibility index (Phi) is 3.49. The highest BCUT2D eigenvalue weighted by Crippen LogP contribution is 2.40. The molecule has 2 aliphatic carbocycles. The highest BCUT2D eigenvalue weighted by atomic mass is 19.1. The van der Waals surface area contributed by atoms with Crippen molar-refractivity contribution in [2.24, 2.45) is 5.92 Å². The molecular weight excluding hydrogens is 279 g/mol. The van der Waals surface area contributed by atoms with Gasteiger partial charge in [-0.05, 0) is 62.8 Å². The molecule has 0 aliphatic heterocycles. The molecule has 0 N–H and O–H groups in total. The van der Waals surface area contributed by atoms with Crippen molar-refractivity contribution >= 4 is 0 Å². The number of halogens is 1. The summed E-state index contributed by atoms with van der Waals surface area (Å²) < 4.78 is 18.9. The minimum Gasteiger partial charge on any atom is -0.439 e. The minimum atomic E-state index is -0.235. The molecule has 2 saturated carbocycles. The molecule has 0 bridgehead atoms. The summed E-state index contributed by atoms with van der Waals surface area (Å²) in [4.78, 5) is 6.98. The van der Waals surface area contributed by atoms with Crippen molar-refractivity contribution < 1.29 is 8.81 Å². The van der Waals surface area contributed by atoms with Crippen molar-refractivity contribution in [3.05, 3.63) is 42.2 Å². The van der Waals surface area contributed by atoms with Crippen molar-refractivity contribution in [3.63, 3.8) is 0 Å². The van der Waals surface area contributed by atoms with E-state index in [-0.39, 0.29) is 5.82 Å². The van der Waals surface area contributed by atoms with E-state index >= 15 is 0 Å². The van der Waals surface area contributed by atoms with Gasteiger partial charge in [-0.15, -0.1) is 0 Å². The maximum absolute atomic E-state index is 13.0. The maximum atomic E-state index is 13.0. The van der Waals surface area contributed by atoms with Gasteiger partial charge in [0.1, 0.15) is 5.82 Å². The van der Waals surface area contributed by atoms with Crippen LogP contribution in [0.2, 0.25) is 0 Å². The van der Waals surface area contributed by atoms with E-state index in [0.29, 0.717) is 17.8 Å². The molecule has 4 heteroatoms. The molecule has 0 radical (unpaired) electrons. The lowest BCUT2D eigenvalue weighted by molar-refractivity contribution is 0.155. The van der Waals surface area contributed by atoms with Crippen molar-refractivity contribution in [2.75, 3.05) is 0 Å². The number of aromatic nitrogens is 1. The monoisotopic (exact) mass is 300 g/mol. The normalized spacial score (nSPS) is 19.6. The fourth-order valence-corrected chi connectivity index (χ4v) is 3.15. The van der Waals surface area contributed by atoms with Crippen LogP contribution in [0.4, 0.5) is 4.39 Å². The van der Waals surface area contributed by atoms with Crippen LogP contribution in [0.1, 0.15) is 38.5 Å². The van der Waals surface area contributed by atoms with Crippen LogP contribution in [0, 0.1) is 11.7 Å². The van der Waals surface area contributed by atoms with E-state index < -0.39 is 0 Å². The van der Waals surface area contributed by atoms with Gasteiger partial charge in [0.05, 0.1) is 12.7 Å². The van der Waals surface area contributed by atoms with Gasteiger partial charge in [-0.2, -0.15) is 0 Å². The van der Waals surface area contributed by atoms with E-state index in [9.17, 15) is 4.39 Å². The molecule has 2 fully saturated rings. The first-order chi connectivity index (χ1) is 10.7. The number of benzene rings is 1. The Morgan fingerprint density at radius 3 is 2.59 bits per heavy atom. The highest BCUT2D eigenvalue weighted by molar-refractivity contribution is 5.55. The van der Waals surface area contributed by atoms with Gasteiger partial charge >= 0.3 is 0 Å². The van der Waals surface area contributed by atoms with Crippen LogP contribution >= 0.6 is 0 Å². The van der Waals surface area contributed by atoms with Crippen LogP contribution in [0.5, 0.6) is 0 Å². The zero-order chi connectivity index (χ0) is 15.1. The molecular formula is C18H21FN2O. The Morgan fingerprint density at radius 1 is 1.23 bits per heavy atom. The molecule has 22 heavy (non-hydrogen) atoms. The first kappa shape index (κ1) is 13.9. The summed E-state index contributed by atoms with van der Waals surface area (Å²) >= 11 is 0. The van der Waals surface area contributed by atoms with Crippen LogP contribution in [-0.4, -0.2) is 22.0 Å². The second-order valence-corrected chi connectivity index (χ2v) is 6.61. The first-order valence-corrected chi connectivity index (χ1v) is 8.17. The van der Waals surface area contributed by atoms with Crippen LogP contribution in [0.15, 0.2) is 34.9 Å². The zero-order valence-corrected chi connectivity index (χ0v) is 12.8. The first-order valence-electron chi connectivity index (χ1n) is 8.17. The molecule has 2 aromatic rings. The van der Waals surface area contributed by atoms with Gasteiger partial charge in [-0.25, -0.2) is 9.37 Å². The van der Waals surface area contributed by atoms with Gasteiger partial charge in [0.15, 0.2) is 5.76 Å². The summed E-state index contributed by atoms with van der Waals surface area (Å²) in [5.41, 5.74) is 0.869. The molecule has 0 unspecified atom stereocenters. The van der Waals surface area contributed by atoms with Gasteiger partial charge in [0.25, 0.3) is 0 Å². The van der Waals surface area contributed by atoms with Crippen molar-refractivity contribution in [3.8, 4) is 11.3 Å². The van der Waals surface area contributed by atoms with E-state index in [2.05, 4.69) is 16.8 Å². The molecule has 1 atom stereocenters. The number of hydrogen-bond donors (Lipinski definition) is 0. The Bertz CT molecular complexity index is 643. The van der Waals surface area contributed by atoms with Gasteiger partial charge in [0.2, 0.25) is 5.89 Å². The largest absolute Gasteiger partial charge is 0.439 e. The van der Waals surface area contributed by atoms with E-state index in [1.807, 2.05) is 0 Å². The average Bonchev–Trinajstić information content (AvgIpc) is 3.43. The fraction of sp³-hybridized carbons (Fsp3) is 0.500. The molecule has 0 amide bonds. The quantitative estimate of drug-likeness (QED) is 0.799. The Balaban J connectivity index is 1.49. The molecule has 1 heterocycles. The molecule has 4 rings (SSSR count). The molecule has 1 aromatic heterocycles. The lowest BCUT2D eigenvalue weighted by Crippen LogP contribution is -2.36. The van der Waals surface area contributed by atoms with Crippen LogP contribution in [0.3, 0.4) is 0 Å². The summed E-state index contributed by atoms with van der Waals surface area (Å²) in [5, 5.41) is 0.